The van der Waals surface area contributed by atoms with Crippen molar-refractivity contribution in [2.24, 2.45) is 0 Å². The van der Waals surface area contributed by atoms with Gasteiger partial charge in [0.25, 0.3) is 0 Å². The normalized spacial score (nSPS) is 41.4. The van der Waals surface area contributed by atoms with Gasteiger partial charge in [0.15, 0.2) is 12.6 Å². The van der Waals surface area contributed by atoms with Gasteiger partial charge in [0.2, 0.25) is 0 Å². The standard InChI is InChI=1S/C20H38O11/c1-2-3-4-5-6-7-8-28-18-16(26)17(12(10-22)29-19(18)27)31-20-15(25)14(24)13(23)11(9-21)30-20/h11-27H,2-10H2,1H3/t11-,12-,13+,14+,15-,16+,17-,18-,19?,20+/m1/s1. The highest BCUT2D eigenvalue weighted by atomic mass is 16.7. The molecule has 10 atom stereocenters. The van der Waals surface area contributed by atoms with E-state index in [4.69, 9.17) is 18.9 Å². The minimum atomic E-state index is -1.68. The first kappa shape index (κ1) is 26.8. The molecule has 0 aromatic rings. The number of unbranched alkanes of at least 4 members (excludes halogenated alkanes) is 5. The van der Waals surface area contributed by atoms with Gasteiger partial charge in [-0.1, -0.05) is 39.0 Å². The Labute approximate surface area is 182 Å². The Balaban J connectivity index is 1.95. The summed E-state index contributed by atoms with van der Waals surface area (Å²) in [4.78, 5) is 0. The number of rotatable bonds is 12. The van der Waals surface area contributed by atoms with Crippen molar-refractivity contribution < 1.29 is 54.7 Å². The molecular weight excluding hydrogens is 416 g/mol. The molecule has 7 N–H and O–H groups in total. The zero-order chi connectivity index (χ0) is 23.0. The van der Waals surface area contributed by atoms with Crippen LogP contribution in [0.1, 0.15) is 45.4 Å². The second-order valence-electron chi connectivity index (χ2n) is 8.14. The van der Waals surface area contributed by atoms with Crippen molar-refractivity contribution in [2.75, 3.05) is 19.8 Å². The topological polar surface area (TPSA) is 179 Å². The third-order valence-electron chi connectivity index (χ3n) is 5.76. The molecule has 0 aliphatic carbocycles. The molecule has 1 unspecified atom stereocenters. The summed E-state index contributed by atoms with van der Waals surface area (Å²) in [5, 5.41) is 69.8. The van der Waals surface area contributed by atoms with Crippen LogP contribution in [0.5, 0.6) is 0 Å². The highest BCUT2D eigenvalue weighted by Crippen LogP contribution is 2.29. The average molecular weight is 455 g/mol. The molecule has 2 saturated heterocycles. The first-order valence-corrected chi connectivity index (χ1v) is 11.1. The molecule has 0 amide bonds. The zero-order valence-electron chi connectivity index (χ0n) is 17.9. The van der Waals surface area contributed by atoms with Crippen LogP contribution in [0.15, 0.2) is 0 Å². The maximum atomic E-state index is 10.7. The van der Waals surface area contributed by atoms with Crippen molar-refractivity contribution >= 4 is 0 Å². The number of ether oxygens (including phenoxy) is 4. The van der Waals surface area contributed by atoms with E-state index in [-0.39, 0.29) is 6.61 Å². The van der Waals surface area contributed by atoms with Gasteiger partial charge in [-0.2, -0.15) is 0 Å². The van der Waals surface area contributed by atoms with E-state index >= 15 is 0 Å². The Bertz CT molecular complexity index is 494. The Kier molecular flexibility index (Phi) is 11.5. The first-order chi connectivity index (χ1) is 14.8. The highest BCUT2D eigenvalue weighted by molar-refractivity contribution is 4.94. The molecule has 2 heterocycles. The lowest BCUT2D eigenvalue weighted by Crippen LogP contribution is -2.64. The van der Waals surface area contributed by atoms with E-state index in [1.807, 2.05) is 0 Å². The van der Waals surface area contributed by atoms with E-state index in [2.05, 4.69) is 6.92 Å². The molecule has 0 aromatic heterocycles. The molecule has 0 radical (unpaired) electrons. The number of hydrogen-bond donors (Lipinski definition) is 7. The third kappa shape index (κ3) is 7.02. The molecule has 11 heteroatoms. The number of hydrogen-bond acceptors (Lipinski definition) is 11. The fourth-order valence-electron chi connectivity index (χ4n) is 3.84. The molecule has 184 valence electrons. The number of aliphatic hydroxyl groups is 7. The Morgan fingerprint density at radius 3 is 1.97 bits per heavy atom. The van der Waals surface area contributed by atoms with Crippen LogP contribution in [-0.4, -0.2) is 117 Å². The quantitative estimate of drug-likeness (QED) is 0.162. The van der Waals surface area contributed by atoms with Gasteiger partial charge in [0.1, 0.15) is 48.8 Å². The van der Waals surface area contributed by atoms with Crippen LogP contribution in [0.3, 0.4) is 0 Å². The lowest BCUT2D eigenvalue weighted by molar-refractivity contribution is -0.358. The Morgan fingerprint density at radius 1 is 0.677 bits per heavy atom. The second kappa shape index (κ2) is 13.3. The summed E-state index contributed by atoms with van der Waals surface area (Å²) in [5.74, 6) is 0. The lowest BCUT2D eigenvalue weighted by Gasteiger charge is -2.46. The van der Waals surface area contributed by atoms with E-state index in [1.54, 1.807) is 0 Å². The summed E-state index contributed by atoms with van der Waals surface area (Å²) in [6.45, 7) is 1.17. The van der Waals surface area contributed by atoms with Gasteiger partial charge >= 0.3 is 0 Å². The van der Waals surface area contributed by atoms with Crippen LogP contribution in [0.25, 0.3) is 0 Å². The third-order valence-corrected chi connectivity index (χ3v) is 5.76. The van der Waals surface area contributed by atoms with Crippen molar-refractivity contribution in [1.29, 1.82) is 0 Å². The Morgan fingerprint density at radius 2 is 1.32 bits per heavy atom. The zero-order valence-corrected chi connectivity index (χ0v) is 17.9. The molecule has 31 heavy (non-hydrogen) atoms. The van der Waals surface area contributed by atoms with Crippen LogP contribution in [0, 0.1) is 0 Å². The summed E-state index contributed by atoms with van der Waals surface area (Å²) < 4.78 is 21.8. The molecule has 2 aliphatic rings. The lowest BCUT2D eigenvalue weighted by atomic mass is 9.97. The van der Waals surface area contributed by atoms with Gasteiger partial charge in [0.05, 0.1) is 13.2 Å². The average Bonchev–Trinajstić information content (AvgIpc) is 2.76. The van der Waals surface area contributed by atoms with E-state index in [1.165, 1.54) is 6.42 Å². The van der Waals surface area contributed by atoms with Crippen molar-refractivity contribution in [3.63, 3.8) is 0 Å². The molecule has 2 aliphatic heterocycles. The second-order valence-corrected chi connectivity index (χ2v) is 8.14. The molecule has 2 rings (SSSR count). The first-order valence-electron chi connectivity index (χ1n) is 11.1. The maximum Gasteiger partial charge on any atom is 0.187 e. The molecule has 11 nitrogen and oxygen atoms in total. The molecule has 0 bridgehead atoms. The molecular formula is C20H38O11. The molecule has 0 saturated carbocycles. The smallest absolute Gasteiger partial charge is 0.187 e. The minimum Gasteiger partial charge on any atom is -0.394 e. The van der Waals surface area contributed by atoms with Gasteiger partial charge in [-0.3, -0.25) is 0 Å². The van der Waals surface area contributed by atoms with Crippen molar-refractivity contribution in [3.05, 3.63) is 0 Å². The van der Waals surface area contributed by atoms with E-state index in [0.29, 0.717) is 0 Å². The fourth-order valence-corrected chi connectivity index (χ4v) is 3.84. The van der Waals surface area contributed by atoms with Crippen LogP contribution >= 0.6 is 0 Å². The van der Waals surface area contributed by atoms with Crippen LogP contribution in [-0.2, 0) is 18.9 Å². The Hall–Kier alpha value is -0.440. The van der Waals surface area contributed by atoms with Crippen LogP contribution in [0.4, 0.5) is 0 Å². The van der Waals surface area contributed by atoms with E-state index in [9.17, 15) is 35.7 Å². The molecule has 2 fully saturated rings. The monoisotopic (exact) mass is 454 g/mol. The summed E-state index contributed by atoms with van der Waals surface area (Å²) in [5.41, 5.74) is 0. The van der Waals surface area contributed by atoms with Gasteiger partial charge in [-0.05, 0) is 6.42 Å². The predicted octanol–water partition coefficient (Wildman–Crippen LogP) is -2.01. The minimum absolute atomic E-state index is 0.283. The summed E-state index contributed by atoms with van der Waals surface area (Å²) >= 11 is 0. The van der Waals surface area contributed by atoms with Crippen LogP contribution in [0.2, 0.25) is 0 Å². The van der Waals surface area contributed by atoms with Gasteiger partial charge in [-0.15, -0.1) is 0 Å². The van der Waals surface area contributed by atoms with Crippen molar-refractivity contribution in [3.8, 4) is 0 Å². The molecule has 0 spiro atoms. The maximum absolute atomic E-state index is 10.7. The van der Waals surface area contributed by atoms with Crippen LogP contribution < -0.4 is 0 Å². The summed E-state index contributed by atoms with van der Waals surface area (Å²) in [7, 11) is 0. The largest absolute Gasteiger partial charge is 0.394 e. The summed E-state index contributed by atoms with van der Waals surface area (Å²) in [6, 6.07) is 0. The SMILES string of the molecule is CCCCCCCCO[C@H]1C(O)O[C@H](CO)[C@@H](O[C@@H]2O[C@H](CO)[C@H](O)[C@H](O)[C@H]2O)[C@@H]1O. The van der Waals surface area contributed by atoms with Crippen molar-refractivity contribution in [1.82, 2.24) is 0 Å². The van der Waals surface area contributed by atoms with Gasteiger partial charge < -0.3 is 54.7 Å². The van der Waals surface area contributed by atoms with Gasteiger partial charge in [-0.25, -0.2) is 0 Å². The molecule has 0 aromatic carbocycles. The summed E-state index contributed by atoms with van der Waals surface area (Å²) in [6.07, 6.45) is -7.93. The predicted molar refractivity (Wildman–Crippen MR) is 106 cm³/mol. The van der Waals surface area contributed by atoms with Crippen molar-refractivity contribution in [2.45, 2.75) is 107 Å². The fraction of sp³-hybridized carbons (Fsp3) is 1.00. The van der Waals surface area contributed by atoms with E-state index in [0.717, 1.165) is 32.1 Å². The van der Waals surface area contributed by atoms with E-state index < -0.39 is 74.6 Å². The number of aliphatic hydroxyl groups excluding tert-OH is 7. The van der Waals surface area contributed by atoms with Gasteiger partial charge in [0, 0.05) is 6.61 Å². The highest BCUT2D eigenvalue weighted by Gasteiger charge is 2.50.